The molecule has 0 aliphatic carbocycles. The van der Waals surface area contributed by atoms with Crippen LogP contribution in [0.3, 0.4) is 0 Å². The lowest BCUT2D eigenvalue weighted by atomic mass is 9.96. The molecule has 3 aromatic rings. The van der Waals surface area contributed by atoms with Crippen LogP contribution in [-0.2, 0) is 0 Å². The molecule has 20 heavy (non-hydrogen) atoms. The van der Waals surface area contributed by atoms with Crippen molar-refractivity contribution in [3.63, 3.8) is 0 Å². The summed E-state index contributed by atoms with van der Waals surface area (Å²) in [4.78, 5) is 4.26. The molecule has 1 unspecified atom stereocenters. The van der Waals surface area contributed by atoms with E-state index in [-0.39, 0.29) is 6.04 Å². The summed E-state index contributed by atoms with van der Waals surface area (Å²) >= 11 is 12.3. The van der Waals surface area contributed by atoms with Gasteiger partial charge in [0.25, 0.3) is 0 Å². The van der Waals surface area contributed by atoms with E-state index in [0.717, 1.165) is 21.9 Å². The zero-order valence-corrected chi connectivity index (χ0v) is 12.1. The largest absolute Gasteiger partial charge is 0.320 e. The minimum atomic E-state index is -0.361. The number of benzene rings is 2. The quantitative estimate of drug-likeness (QED) is 0.752. The van der Waals surface area contributed by atoms with Gasteiger partial charge in [0, 0.05) is 27.8 Å². The third-order valence-corrected chi connectivity index (χ3v) is 3.91. The molecule has 2 N–H and O–H groups in total. The van der Waals surface area contributed by atoms with Crippen LogP contribution in [0.5, 0.6) is 0 Å². The van der Waals surface area contributed by atoms with Gasteiger partial charge in [0.1, 0.15) is 0 Å². The van der Waals surface area contributed by atoms with E-state index in [2.05, 4.69) is 4.98 Å². The molecule has 0 aliphatic heterocycles. The van der Waals surface area contributed by atoms with Crippen LogP contribution in [0.15, 0.2) is 54.9 Å². The Bertz CT molecular complexity index is 766. The van der Waals surface area contributed by atoms with Gasteiger partial charge < -0.3 is 5.73 Å². The topological polar surface area (TPSA) is 38.9 Å². The predicted octanol–water partition coefficient (Wildman–Crippen LogP) is 4.59. The summed E-state index contributed by atoms with van der Waals surface area (Å²) in [6, 6.07) is 13.0. The molecule has 0 saturated heterocycles. The number of rotatable bonds is 2. The lowest BCUT2D eigenvalue weighted by Gasteiger charge is -2.16. The summed E-state index contributed by atoms with van der Waals surface area (Å²) in [6.45, 7) is 0. The first-order chi connectivity index (χ1) is 9.66. The van der Waals surface area contributed by atoms with Crippen molar-refractivity contribution < 1.29 is 0 Å². The van der Waals surface area contributed by atoms with Crippen LogP contribution in [0, 0.1) is 0 Å². The number of nitrogens with zero attached hydrogens (tertiary/aromatic N) is 1. The molecule has 2 aromatic carbocycles. The SMILES string of the molecule is NC(c1cc(Cl)ccc1Cl)c1cncc2ccccc12. The molecular formula is C16H12Cl2N2. The van der Waals surface area contributed by atoms with Crippen LogP contribution in [-0.4, -0.2) is 4.98 Å². The highest BCUT2D eigenvalue weighted by Gasteiger charge is 2.15. The maximum Gasteiger partial charge on any atom is 0.0588 e. The zero-order valence-electron chi connectivity index (χ0n) is 10.6. The van der Waals surface area contributed by atoms with E-state index in [9.17, 15) is 0 Å². The molecule has 4 heteroatoms. The molecule has 2 nitrogen and oxygen atoms in total. The molecule has 0 bridgehead atoms. The number of halogens is 2. The minimum Gasteiger partial charge on any atom is -0.320 e. The first-order valence-corrected chi connectivity index (χ1v) is 6.95. The lowest BCUT2D eigenvalue weighted by molar-refractivity contribution is 0.874. The van der Waals surface area contributed by atoms with E-state index in [0.29, 0.717) is 10.0 Å². The van der Waals surface area contributed by atoms with Gasteiger partial charge in [-0.1, -0.05) is 47.5 Å². The van der Waals surface area contributed by atoms with Crippen LogP contribution in [0.1, 0.15) is 17.2 Å². The number of pyridine rings is 1. The summed E-state index contributed by atoms with van der Waals surface area (Å²) < 4.78 is 0. The van der Waals surface area contributed by atoms with Gasteiger partial charge in [-0.2, -0.15) is 0 Å². The molecule has 0 aliphatic rings. The molecule has 0 saturated carbocycles. The van der Waals surface area contributed by atoms with Gasteiger partial charge in [-0.05, 0) is 34.7 Å². The van der Waals surface area contributed by atoms with Crippen LogP contribution in [0.4, 0.5) is 0 Å². The molecule has 1 heterocycles. The fourth-order valence-corrected chi connectivity index (χ4v) is 2.72. The van der Waals surface area contributed by atoms with Gasteiger partial charge in [0.2, 0.25) is 0 Å². The zero-order chi connectivity index (χ0) is 14.1. The third kappa shape index (κ3) is 2.38. The van der Waals surface area contributed by atoms with Gasteiger partial charge in [0.05, 0.1) is 6.04 Å². The van der Waals surface area contributed by atoms with Gasteiger partial charge in [0.15, 0.2) is 0 Å². The lowest BCUT2D eigenvalue weighted by Crippen LogP contribution is -2.13. The maximum absolute atomic E-state index is 6.37. The number of hydrogen-bond acceptors (Lipinski definition) is 2. The second-order valence-corrected chi connectivity index (χ2v) is 5.44. The molecule has 0 fully saturated rings. The van der Waals surface area contributed by atoms with Crippen molar-refractivity contribution in [3.8, 4) is 0 Å². The fourth-order valence-electron chi connectivity index (χ4n) is 2.31. The van der Waals surface area contributed by atoms with Crippen molar-refractivity contribution in [3.05, 3.63) is 76.0 Å². The first-order valence-electron chi connectivity index (χ1n) is 6.20. The highest BCUT2D eigenvalue weighted by Crippen LogP contribution is 2.31. The van der Waals surface area contributed by atoms with Crippen molar-refractivity contribution in [2.45, 2.75) is 6.04 Å². The van der Waals surface area contributed by atoms with Crippen LogP contribution >= 0.6 is 23.2 Å². The highest BCUT2D eigenvalue weighted by atomic mass is 35.5. The molecule has 0 amide bonds. The summed E-state index contributed by atoms with van der Waals surface area (Å²) in [5.74, 6) is 0. The Kier molecular flexibility index (Phi) is 3.62. The van der Waals surface area contributed by atoms with Gasteiger partial charge >= 0.3 is 0 Å². The van der Waals surface area contributed by atoms with E-state index >= 15 is 0 Å². The molecule has 1 atom stereocenters. The van der Waals surface area contributed by atoms with Crippen LogP contribution in [0.2, 0.25) is 10.0 Å². The van der Waals surface area contributed by atoms with E-state index in [1.165, 1.54) is 0 Å². The minimum absolute atomic E-state index is 0.361. The van der Waals surface area contributed by atoms with Crippen LogP contribution < -0.4 is 5.73 Å². The predicted molar refractivity (Wildman–Crippen MR) is 84.2 cm³/mol. The van der Waals surface area contributed by atoms with Crippen molar-refractivity contribution in [2.75, 3.05) is 0 Å². The Morgan fingerprint density at radius 2 is 1.75 bits per heavy atom. The van der Waals surface area contributed by atoms with Gasteiger partial charge in [-0.25, -0.2) is 0 Å². The van der Waals surface area contributed by atoms with E-state index in [1.807, 2.05) is 30.5 Å². The molecule has 0 spiro atoms. The number of aromatic nitrogens is 1. The number of fused-ring (bicyclic) bond motifs is 1. The average molecular weight is 303 g/mol. The summed E-state index contributed by atoms with van der Waals surface area (Å²) in [6.07, 6.45) is 3.61. The average Bonchev–Trinajstić information content (AvgIpc) is 2.48. The van der Waals surface area contributed by atoms with E-state index in [1.54, 1.807) is 24.4 Å². The van der Waals surface area contributed by atoms with E-state index < -0.39 is 0 Å². The molecule has 0 radical (unpaired) electrons. The maximum atomic E-state index is 6.37. The molecule has 3 rings (SSSR count). The Morgan fingerprint density at radius 3 is 2.60 bits per heavy atom. The van der Waals surface area contributed by atoms with Crippen molar-refractivity contribution in [1.82, 2.24) is 4.98 Å². The smallest absolute Gasteiger partial charge is 0.0588 e. The number of nitrogens with two attached hydrogens (primary N) is 1. The number of hydrogen-bond donors (Lipinski definition) is 1. The Balaban J connectivity index is 2.17. The Hall–Kier alpha value is -1.61. The van der Waals surface area contributed by atoms with Crippen molar-refractivity contribution >= 4 is 34.0 Å². The van der Waals surface area contributed by atoms with Gasteiger partial charge in [-0.3, -0.25) is 4.98 Å². The van der Waals surface area contributed by atoms with Crippen molar-refractivity contribution in [2.24, 2.45) is 5.73 Å². The second-order valence-electron chi connectivity index (χ2n) is 4.59. The molecule has 1 aromatic heterocycles. The summed E-state index contributed by atoms with van der Waals surface area (Å²) in [5, 5.41) is 3.35. The molecule has 100 valence electrons. The Labute approximate surface area is 127 Å². The standard InChI is InChI=1S/C16H12Cl2N2/c17-11-5-6-15(18)13(7-11)16(19)14-9-20-8-10-3-1-2-4-12(10)14/h1-9,16H,19H2. The van der Waals surface area contributed by atoms with Gasteiger partial charge in [-0.15, -0.1) is 0 Å². The summed E-state index contributed by atoms with van der Waals surface area (Å²) in [7, 11) is 0. The Morgan fingerprint density at radius 1 is 0.950 bits per heavy atom. The van der Waals surface area contributed by atoms with E-state index in [4.69, 9.17) is 28.9 Å². The fraction of sp³-hybridized carbons (Fsp3) is 0.0625. The van der Waals surface area contributed by atoms with Crippen molar-refractivity contribution in [1.29, 1.82) is 0 Å². The normalized spacial score (nSPS) is 12.6. The molecular weight excluding hydrogens is 291 g/mol. The monoisotopic (exact) mass is 302 g/mol. The second kappa shape index (κ2) is 5.41. The highest BCUT2D eigenvalue weighted by molar-refractivity contribution is 6.33. The third-order valence-electron chi connectivity index (χ3n) is 3.33. The first kappa shape index (κ1) is 13.4. The van der Waals surface area contributed by atoms with Crippen LogP contribution in [0.25, 0.3) is 10.8 Å². The summed E-state index contributed by atoms with van der Waals surface area (Å²) in [5.41, 5.74) is 8.11.